The summed E-state index contributed by atoms with van der Waals surface area (Å²) in [6.07, 6.45) is 2.19. The van der Waals surface area contributed by atoms with Crippen molar-refractivity contribution in [2.75, 3.05) is 32.9 Å². The molecular formula is C19H27N3OS. The first-order valence-corrected chi connectivity index (χ1v) is 9.43. The third-order valence-corrected chi connectivity index (χ3v) is 5.74. The first kappa shape index (κ1) is 17.4. The Labute approximate surface area is 148 Å². The van der Waals surface area contributed by atoms with E-state index in [1.54, 1.807) is 11.8 Å². The maximum Gasteiger partial charge on any atom is 0.233 e. The number of hydrogen-bond acceptors (Lipinski definition) is 3. The smallest absolute Gasteiger partial charge is 0.233 e. The summed E-state index contributed by atoms with van der Waals surface area (Å²) in [4.78, 5) is 16.8. The van der Waals surface area contributed by atoms with Crippen LogP contribution in [-0.4, -0.2) is 53.2 Å². The summed E-state index contributed by atoms with van der Waals surface area (Å²) in [5, 5.41) is 1.37. The minimum absolute atomic E-state index is 0.0624. The molecule has 1 aliphatic heterocycles. The molecule has 2 heterocycles. The van der Waals surface area contributed by atoms with Crippen molar-refractivity contribution in [2.24, 2.45) is 12.5 Å². The van der Waals surface area contributed by atoms with E-state index < -0.39 is 0 Å². The number of amides is 1. The van der Waals surface area contributed by atoms with Gasteiger partial charge >= 0.3 is 0 Å². The topological polar surface area (TPSA) is 28.5 Å². The Balaban J connectivity index is 1.93. The van der Waals surface area contributed by atoms with Crippen molar-refractivity contribution in [3.8, 4) is 0 Å². The molecule has 24 heavy (non-hydrogen) atoms. The van der Waals surface area contributed by atoms with E-state index in [2.05, 4.69) is 79.8 Å². The molecule has 1 saturated heterocycles. The van der Waals surface area contributed by atoms with Crippen LogP contribution >= 0.6 is 11.8 Å². The van der Waals surface area contributed by atoms with Crippen LogP contribution in [-0.2, 0) is 11.8 Å². The van der Waals surface area contributed by atoms with Crippen LogP contribution in [0.3, 0.4) is 0 Å². The molecule has 1 amide bonds. The van der Waals surface area contributed by atoms with Gasteiger partial charge in [-0.15, -0.1) is 11.8 Å². The van der Waals surface area contributed by atoms with Crippen molar-refractivity contribution in [2.45, 2.75) is 19.2 Å². The van der Waals surface area contributed by atoms with E-state index in [4.69, 9.17) is 0 Å². The van der Waals surface area contributed by atoms with Crippen LogP contribution in [0.2, 0.25) is 0 Å². The lowest BCUT2D eigenvalue weighted by Gasteiger charge is -2.35. The molecule has 4 nitrogen and oxygen atoms in total. The molecule has 1 aliphatic rings. The minimum Gasteiger partial charge on any atom is -0.350 e. The van der Waals surface area contributed by atoms with Gasteiger partial charge in [0.15, 0.2) is 0 Å². The van der Waals surface area contributed by atoms with E-state index in [0.717, 1.165) is 13.1 Å². The van der Waals surface area contributed by atoms with Gasteiger partial charge in [-0.3, -0.25) is 4.79 Å². The minimum atomic E-state index is 0.0624. The Morgan fingerprint density at radius 2 is 2.00 bits per heavy atom. The third-order valence-electron chi connectivity index (χ3n) is 4.50. The van der Waals surface area contributed by atoms with Crippen molar-refractivity contribution in [3.63, 3.8) is 0 Å². The zero-order valence-corrected chi connectivity index (χ0v) is 16.1. The molecule has 1 atom stereocenters. The standard InChI is InChI=1S/C19H27N3OS/c1-19(2,12-20(3)4)13-22-17(23)11-24-18(22)15-10-21(5)16-9-7-6-8-14(15)16/h6-10,18H,11-13H2,1-5H3. The lowest BCUT2D eigenvalue weighted by molar-refractivity contribution is -0.129. The average Bonchev–Trinajstić information content (AvgIpc) is 3.00. The predicted octanol–water partition coefficient (Wildman–Crippen LogP) is 3.34. The molecule has 0 bridgehead atoms. The van der Waals surface area contributed by atoms with Crippen molar-refractivity contribution < 1.29 is 4.79 Å². The number of benzene rings is 1. The number of aryl methyl sites for hydroxylation is 1. The van der Waals surface area contributed by atoms with Crippen molar-refractivity contribution >= 4 is 28.6 Å². The zero-order valence-electron chi connectivity index (χ0n) is 15.2. The number of fused-ring (bicyclic) bond motifs is 1. The van der Waals surface area contributed by atoms with Gasteiger partial charge in [0.25, 0.3) is 0 Å². The molecule has 0 N–H and O–H groups in total. The highest BCUT2D eigenvalue weighted by Gasteiger charge is 2.37. The Kier molecular flexibility index (Phi) is 4.67. The molecule has 2 aromatic rings. The number of para-hydroxylation sites is 1. The van der Waals surface area contributed by atoms with Crippen LogP contribution in [0.25, 0.3) is 10.9 Å². The molecule has 1 unspecified atom stereocenters. The SMILES string of the molecule is CN(C)CC(C)(C)CN1C(=O)CSC1c1cn(C)c2ccccc12. The molecule has 1 aromatic carbocycles. The van der Waals surface area contributed by atoms with Crippen LogP contribution in [0.1, 0.15) is 24.8 Å². The number of aromatic nitrogens is 1. The van der Waals surface area contributed by atoms with Crippen LogP contribution < -0.4 is 0 Å². The van der Waals surface area contributed by atoms with Crippen LogP contribution in [0.4, 0.5) is 0 Å². The fourth-order valence-electron chi connectivity index (χ4n) is 3.82. The van der Waals surface area contributed by atoms with Crippen molar-refractivity contribution in [3.05, 3.63) is 36.0 Å². The third kappa shape index (κ3) is 3.33. The van der Waals surface area contributed by atoms with E-state index in [1.165, 1.54) is 16.5 Å². The first-order chi connectivity index (χ1) is 11.3. The molecule has 0 saturated carbocycles. The van der Waals surface area contributed by atoms with Gasteiger partial charge in [-0.25, -0.2) is 0 Å². The molecule has 0 aliphatic carbocycles. The van der Waals surface area contributed by atoms with Crippen LogP contribution in [0, 0.1) is 5.41 Å². The summed E-state index contributed by atoms with van der Waals surface area (Å²) in [5.41, 5.74) is 2.54. The van der Waals surface area contributed by atoms with Gasteiger partial charge < -0.3 is 14.4 Å². The maximum absolute atomic E-state index is 12.5. The van der Waals surface area contributed by atoms with Gasteiger partial charge in [0, 0.05) is 42.8 Å². The Bertz CT molecular complexity index is 750. The Morgan fingerprint density at radius 1 is 1.29 bits per heavy atom. The molecule has 5 heteroatoms. The second kappa shape index (κ2) is 6.45. The Morgan fingerprint density at radius 3 is 2.71 bits per heavy atom. The molecule has 1 fully saturated rings. The average molecular weight is 346 g/mol. The van der Waals surface area contributed by atoms with E-state index in [1.807, 2.05) is 0 Å². The number of carbonyl (C=O) groups is 1. The van der Waals surface area contributed by atoms with Crippen LogP contribution in [0.5, 0.6) is 0 Å². The number of carbonyl (C=O) groups excluding carboxylic acids is 1. The number of rotatable bonds is 5. The summed E-state index contributed by atoms with van der Waals surface area (Å²) < 4.78 is 2.16. The number of hydrogen-bond donors (Lipinski definition) is 0. The van der Waals surface area contributed by atoms with Crippen molar-refractivity contribution in [1.29, 1.82) is 0 Å². The highest BCUT2D eigenvalue weighted by atomic mass is 32.2. The lowest BCUT2D eigenvalue weighted by atomic mass is 9.92. The van der Waals surface area contributed by atoms with E-state index in [9.17, 15) is 4.79 Å². The van der Waals surface area contributed by atoms with Gasteiger partial charge in [-0.2, -0.15) is 0 Å². The van der Waals surface area contributed by atoms with E-state index >= 15 is 0 Å². The first-order valence-electron chi connectivity index (χ1n) is 8.38. The molecule has 130 valence electrons. The molecule has 0 spiro atoms. The molecule has 3 rings (SSSR count). The fraction of sp³-hybridized carbons (Fsp3) is 0.526. The molecular weight excluding hydrogens is 318 g/mol. The second-order valence-electron chi connectivity index (χ2n) is 7.80. The van der Waals surface area contributed by atoms with Gasteiger partial charge in [-0.1, -0.05) is 32.0 Å². The summed E-state index contributed by atoms with van der Waals surface area (Å²) >= 11 is 1.75. The second-order valence-corrected chi connectivity index (χ2v) is 8.87. The summed E-state index contributed by atoms with van der Waals surface area (Å²) in [5.74, 6) is 0.830. The largest absolute Gasteiger partial charge is 0.350 e. The summed E-state index contributed by atoms with van der Waals surface area (Å²) in [6.45, 7) is 6.22. The molecule has 1 aromatic heterocycles. The highest BCUT2D eigenvalue weighted by molar-refractivity contribution is 8.00. The monoisotopic (exact) mass is 345 g/mol. The van der Waals surface area contributed by atoms with Gasteiger partial charge in [0.1, 0.15) is 5.37 Å². The Hall–Kier alpha value is -1.46. The number of nitrogens with zero attached hydrogens (tertiary/aromatic N) is 3. The quantitative estimate of drug-likeness (QED) is 0.832. The number of thioether (sulfide) groups is 1. The van der Waals surface area contributed by atoms with Crippen LogP contribution in [0.15, 0.2) is 30.5 Å². The normalized spacial score (nSPS) is 19.0. The molecule has 0 radical (unpaired) electrons. The zero-order chi connectivity index (χ0) is 17.5. The predicted molar refractivity (Wildman–Crippen MR) is 102 cm³/mol. The maximum atomic E-state index is 12.5. The summed E-state index contributed by atoms with van der Waals surface area (Å²) in [7, 11) is 6.25. The lowest BCUT2D eigenvalue weighted by Crippen LogP contribution is -2.41. The van der Waals surface area contributed by atoms with Gasteiger partial charge in [-0.05, 0) is 25.6 Å². The van der Waals surface area contributed by atoms with Gasteiger partial charge in [0.2, 0.25) is 5.91 Å². The summed E-state index contributed by atoms with van der Waals surface area (Å²) in [6, 6.07) is 8.45. The van der Waals surface area contributed by atoms with E-state index in [0.29, 0.717) is 5.75 Å². The highest BCUT2D eigenvalue weighted by Crippen LogP contribution is 2.43. The fourth-order valence-corrected chi connectivity index (χ4v) is 5.03. The van der Waals surface area contributed by atoms with E-state index in [-0.39, 0.29) is 16.7 Å². The van der Waals surface area contributed by atoms with Crippen molar-refractivity contribution in [1.82, 2.24) is 14.4 Å². The van der Waals surface area contributed by atoms with Gasteiger partial charge in [0.05, 0.1) is 5.75 Å².